The second-order valence-corrected chi connectivity index (χ2v) is 3.84. The van der Waals surface area contributed by atoms with Crippen molar-refractivity contribution in [3.63, 3.8) is 0 Å². The molecule has 0 spiro atoms. The quantitative estimate of drug-likeness (QED) is 0.508. The van der Waals surface area contributed by atoms with Crippen LogP contribution in [0.4, 0.5) is 0 Å². The molecule has 0 aromatic rings. The van der Waals surface area contributed by atoms with E-state index in [0.29, 0.717) is 0 Å². The van der Waals surface area contributed by atoms with Crippen LogP contribution < -0.4 is 0 Å². The van der Waals surface area contributed by atoms with Crippen molar-refractivity contribution in [2.24, 2.45) is 0 Å². The van der Waals surface area contributed by atoms with E-state index in [2.05, 4.69) is 11.9 Å². The summed E-state index contributed by atoms with van der Waals surface area (Å²) in [6, 6.07) is 0. The van der Waals surface area contributed by atoms with Gasteiger partial charge in [0.25, 0.3) is 0 Å². The van der Waals surface area contributed by atoms with Crippen LogP contribution >= 0.6 is 0 Å². The molecule has 0 aromatic carbocycles. The third-order valence-corrected chi connectivity index (χ3v) is 3.38. The lowest BCUT2D eigenvalue weighted by Crippen LogP contribution is -2.14. The summed E-state index contributed by atoms with van der Waals surface area (Å²) in [4.78, 5) is 2.45. The van der Waals surface area contributed by atoms with Crippen LogP contribution in [0, 0.1) is 0 Å². The lowest BCUT2D eigenvalue weighted by molar-refractivity contribution is 0.534. The lowest BCUT2D eigenvalue weighted by Gasteiger charge is -2.22. The Morgan fingerprint density at radius 3 is 2.00 bits per heavy atom. The van der Waals surface area contributed by atoms with Crippen molar-refractivity contribution < 1.29 is 0 Å². The van der Waals surface area contributed by atoms with E-state index in [1.54, 1.807) is 22.5 Å². The predicted octanol–water partition coefficient (Wildman–Crippen LogP) is 2.42. The summed E-state index contributed by atoms with van der Waals surface area (Å²) in [5.74, 6) is 0. The summed E-state index contributed by atoms with van der Waals surface area (Å²) in [7, 11) is 2.24. The van der Waals surface area contributed by atoms with E-state index in [4.69, 9.17) is 0 Å². The maximum absolute atomic E-state index is 2.45. The van der Waals surface area contributed by atoms with Gasteiger partial charge in [0.15, 0.2) is 0 Å². The van der Waals surface area contributed by atoms with Crippen LogP contribution in [-0.4, -0.2) is 11.9 Å². The summed E-state index contributed by atoms with van der Waals surface area (Å²) in [5, 5.41) is 0. The van der Waals surface area contributed by atoms with E-state index in [9.17, 15) is 0 Å². The molecule has 1 saturated heterocycles. The first kappa shape index (κ1) is 5.87. The smallest absolute Gasteiger partial charge is 0.0173 e. The predicted molar refractivity (Wildman–Crippen MR) is 44.9 cm³/mol. The number of fused-ring (bicyclic) bond motifs is 4. The molecule has 0 aromatic heterocycles. The highest BCUT2D eigenvalue weighted by Gasteiger charge is 2.33. The van der Waals surface area contributed by atoms with Gasteiger partial charge >= 0.3 is 0 Å². The third kappa shape index (κ3) is 0.574. The first-order valence-electron chi connectivity index (χ1n) is 4.52. The Bertz CT molecular complexity index is 255. The van der Waals surface area contributed by atoms with Crippen molar-refractivity contribution in [1.29, 1.82) is 0 Å². The van der Waals surface area contributed by atoms with Crippen molar-refractivity contribution >= 4 is 0 Å². The monoisotopic (exact) mass is 147 g/mol. The molecule has 2 fully saturated rings. The fourth-order valence-corrected chi connectivity index (χ4v) is 2.79. The molecule has 0 radical (unpaired) electrons. The van der Waals surface area contributed by atoms with Crippen LogP contribution in [0.25, 0.3) is 0 Å². The minimum absolute atomic E-state index is 1.32. The Morgan fingerprint density at radius 1 is 0.909 bits per heavy atom. The fraction of sp³-hybridized carbons (Fsp3) is 0.600. The molecule has 1 aliphatic carbocycles. The molecular weight excluding hydrogens is 134 g/mol. The Kier molecular flexibility index (Phi) is 0.913. The Labute approximate surface area is 67.4 Å². The van der Waals surface area contributed by atoms with Crippen LogP contribution in [0.15, 0.2) is 22.5 Å². The van der Waals surface area contributed by atoms with E-state index in [-0.39, 0.29) is 0 Å². The number of hydrogen-bond donors (Lipinski definition) is 0. The van der Waals surface area contributed by atoms with Gasteiger partial charge in [-0.25, -0.2) is 0 Å². The van der Waals surface area contributed by atoms with Gasteiger partial charge in [0.2, 0.25) is 0 Å². The average Bonchev–Trinajstić information content (AvgIpc) is 2.42. The zero-order valence-electron chi connectivity index (χ0n) is 6.98. The molecule has 4 bridgehead atoms. The largest absolute Gasteiger partial charge is 0.352 e. The molecule has 0 N–H and O–H groups in total. The molecule has 58 valence electrons. The Morgan fingerprint density at radius 2 is 1.45 bits per heavy atom. The van der Waals surface area contributed by atoms with E-state index in [1.165, 1.54) is 32.1 Å². The van der Waals surface area contributed by atoms with Gasteiger partial charge in [0.05, 0.1) is 0 Å². The summed E-state index contributed by atoms with van der Waals surface area (Å²) < 4.78 is 0. The number of hydrogen-bond acceptors (Lipinski definition) is 1. The standard InChI is InChI=1S/C10H13N/c1-11-9-4-5-10(11)8-3-2-7(9)6-8/h2-6H2,1H3. The summed E-state index contributed by atoms with van der Waals surface area (Å²) >= 11 is 0. The van der Waals surface area contributed by atoms with Gasteiger partial charge in [-0.2, -0.15) is 0 Å². The second-order valence-electron chi connectivity index (χ2n) is 3.84. The molecule has 2 heterocycles. The number of rotatable bonds is 0. The maximum atomic E-state index is 2.45. The first-order valence-corrected chi connectivity index (χ1v) is 4.52. The first-order chi connectivity index (χ1) is 5.36. The summed E-state index contributed by atoms with van der Waals surface area (Å²) in [5.41, 5.74) is 6.79. The molecule has 1 saturated carbocycles. The maximum Gasteiger partial charge on any atom is 0.0173 e. The average molecular weight is 147 g/mol. The molecule has 3 rings (SSSR count). The minimum atomic E-state index is 1.32. The topological polar surface area (TPSA) is 3.24 Å². The van der Waals surface area contributed by atoms with Crippen molar-refractivity contribution in [1.82, 2.24) is 4.90 Å². The molecule has 11 heavy (non-hydrogen) atoms. The van der Waals surface area contributed by atoms with Gasteiger partial charge in [-0.3, -0.25) is 0 Å². The number of nitrogens with zero attached hydrogens (tertiary/aromatic N) is 1. The zero-order chi connectivity index (χ0) is 7.42. The van der Waals surface area contributed by atoms with Crippen LogP contribution in [0.2, 0.25) is 0 Å². The van der Waals surface area contributed by atoms with Gasteiger partial charge in [-0.1, -0.05) is 0 Å². The van der Waals surface area contributed by atoms with E-state index in [0.717, 1.165) is 0 Å². The molecule has 0 unspecified atom stereocenters. The van der Waals surface area contributed by atoms with Crippen LogP contribution in [0.3, 0.4) is 0 Å². The van der Waals surface area contributed by atoms with E-state index >= 15 is 0 Å². The van der Waals surface area contributed by atoms with Gasteiger partial charge in [0.1, 0.15) is 0 Å². The highest BCUT2D eigenvalue weighted by atomic mass is 15.2. The SMILES string of the molecule is CN1C2=C3CCC(=C1CC2)C3. The molecule has 3 aliphatic rings. The lowest BCUT2D eigenvalue weighted by atomic mass is 10.1. The molecule has 2 aliphatic heterocycles. The summed E-state index contributed by atoms with van der Waals surface area (Å²) in [6.07, 6.45) is 6.70. The third-order valence-electron chi connectivity index (χ3n) is 3.38. The molecule has 1 heteroatoms. The Hall–Kier alpha value is -0.720. The highest BCUT2D eigenvalue weighted by Crippen LogP contribution is 2.47. The molecular formula is C10H13N. The normalized spacial score (nSPS) is 27.5. The zero-order valence-corrected chi connectivity index (χ0v) is 6.98. The fourth-order valence-electron chi connectivity index (χ4n) is 2.79. The van der Waals surface area contributed by atoms with Crippen LogP contribution in [0.5, 0.6) is 0 Å². The summed E-state index contributed by atoms with van der Waals surface area (Å²) in [6.45, 7) is 0. The Balaban J connectivity index is 2.25. The van der Waals surface area contributed by atoms with Crippen molar-refractivity contribution in [2.45, 2.75) is 32.1 Å². The highest BCUT2D eigenvalue weighted by molar-refractivity contribution is 5.41. The molecule has 0 atom stereocenters. The van der Waals surface area contributed by atoms with Gasteiger partial charge in [0, 0.05) is 18.4 Å². The molecule has 1 nitrogen and oxygen atoms in total. The minimum Gasteiger partial charge on any atom is -0.352 e. The van der Waals surface area contributed by atoms with Crippen LogP contribution in [0.1, 0.15) is 32.1 Å². The van der Waals surface area contributed by atoms with Crippen molar-refractivity contribution in [3.05, 3.63) is 22.5 Å². The number of allylic oxidation sites excluding steroid dienone is 4. The van der Waals surface area contributed by atoms with E-state index < -0.39 is 0 Å². The van der Waals surface area contributed by atoms with Gasteiger partial charge in [-0.15, -0.1) is 0 Å². The van der Waals surface area contributed by atoms with Crippen molar-refractivity contribution in [3.8, 4) is 0 Å². The van der Waals surface area contributed by atoms with Gasteiger partial charge in [-0.05, 0) is 43.3 Å². The van der Waals surface area contributed by atoms with Crippen LogP contribution in [-0.2, 0) is 0 Å². The van der Waals surface area contributed by atoms with Gasteiger partial charge < -0.3 is 4.90 Å². The second kappa shape index (κ2) is 1.71. The molecule has 0 amide bonds. The van der Waals surface area contributed by atoms with Crippen molar-refractivity contribution in [2.75, 3.05) is 7.05 Å². The van der Waals surface area contributed by atoms with E-state index in [1.807, 2.05) is 0 Å².